The van der Waals surface area contributed by atoms with E-state index in [4.69, 9.17) is 56.8 Å². The minimum Gasteiger partial charge on any atom is -0.513 e. The van der Waals surface area contributed by atoms with E-state index in [9.17, 15) is 131 Å². The molecule has 26 N–H and O–H groups in total. The van der Waals surface area contributed by atoms with Crippen LogP contribution in [0.25, 0.3) is 0 Å². The van der Waals surface area contributed by atoms with Crippen molar-refractivity contribution in [2.45, 2.75) is 261 Å². The maximum Gasteiger partial charge on any atom is 0.234 e. The highest BCUT2D eigenvalue weighted by molar-refractivity contribution is 5.84. The van der Waals surface area contributed by atoms with Gasteiger partial charge in [-0.05, 0) is 38.5 Å². The molecule has 109 heavy (non-hydrogen) atoms. The molecule has 0 spiro atoms. The van der Waals surface area contributed by atoms with Crippen molar-refractivity contribution in [3.05, 3.63) is 12.3 Å². The molecule has 6 heterocycles. The Bertz CT molecular complexity index is 2540. The molecule has 5 amide bonds. The SMILES string of the molecule is C=C(O)CCCCCNC(=O)CN(CC(=O)NCCCCCC(=O)NCCOC1OC(COC2OC(CO)C(O)C(O)C2O)C(O)C(OC2OC(CO)C(O)C(O)C2O)C1O)CC(=O)NCCCCCC(=O)NCCOC1OC(COC2OC(CO)C(O)C(O)C2O)C(O)C(OC2OC(CO)C(O)C(O)C2O)C1O. The number of carbonyl (C=O) groups excluding carboxylic acids is 5. The fourth-order valence-electron chi connectivity index (χ4n) is 12.5. The summed E-state index contributed by atoms with van der Waals surface area (Å²) in [7, 11) is 0. The lowest BCUT2D eigenvalue weighted by Crippen LogP contribution is -2.65. The molecule has 6 fully saturated rings. The van der Waals surface area contributed by atoms with Crippen LogP contribution in [0.2, 0.25) is 0 Å². The third-order valence-corrected chi connectivity index (χ3v) is 18.9. The minimum absolute atomic E-state index is 0.0299. The van der Waals surface area contributed by atoms with Crippen molar-refractivity contribution in [1.29, 1.82) is 0 Å². The van der Waals surface area contributed by atoms with Crippen LogP contribution in [0.1, 0.15) is 77.0 Å². The van der Waals surface area contributed by atoms with Gasteiger partial charge in [-0.15, -0.1) is 0 Å². The molecule has 0 aromatic carbocycles. The molecule has 0 saturated carbocycles. The van der Waals surface area contributed by atoms with E-state index in [1.54, 1.807) is 0 Å². The molecule has 6 rings (SSSR count). The van der Waals surface area contributed by atoms with Crippen molar-refractivity contribution >= 4 is 29.5 Å². The first-order valence-corrected chi connectivity index (χ1v) is 36.4. The van der Waals surface area contributed by atoms with E-state index in [2.05, 4.69) is 33.2 Å². The molecule has 44 heteroatoms. The van der Waals surface area contributed by atoms with Gasteiger partial charge in [-0.25, -0.2) is 0 Å². The zero-order valence-electron chi connectivity index (χ0n) is 60.1. The zero-order valence-corrected chi connectivity index (χ0v) is 60.1. The zero-order chi connectivity index (χ0) is 80.2. The Kier molecular flexibility index (Phi) is 40.7. The van der Waals surface area contributed by atoms with Crippen LogP contribution >= 0.6 is 0 Å². The quantitative estimate of drug-likeness (QED) is 0.0199. The van der Waals surface area contributed by atoms with Crippen LogP contribution in [0.3, 0.4) is 0 Å². The van der Waals surface area contributed by atoms with Crippen LogP contribution in [0.4, 0.5) is 0 Å². The number of hydrogen-bond acceptors (Lipinski definition) is 39. The molecule has 0 radical (unpaired) electrons. The molecule has 632 valence electrons. The number of nitrogens with zero attached hydrogens (tertiary/aromatic N) is 1. The first kappa shape index (κ1) is 93.4. The fourth-order valence-corrected chi connectivity index (χ4v) is 12.5. The summed E-state index contributed by atoms with van der Waals surface area (Å²) in [6.45, 7) is -2.51. The molecular weight excluding hydrogens is 1470 g/mol. The predicted molar refractivity (Wildman–Crippen MR) is 359 cm³/mol. The van der Waals surface area contributed by atoms with Gasteiger partial charge in [0.15, 0.2) is 37.7 Å². The van der Waals surface area contributed by atoms with Crippen molar-refractivity contribution in [3.63, 3.8) is 0 Å². The van der Waals surface area contributed by atoms with Crippen molar-refractivity contribution in [2.75, 3.05) is 105 Å². The lowest BCUT2D eigenvalue weighted by atomic mass is 9.96. The summed E-state index contributed by atoms with van der Waals surface area (Å²) < 4.78 is 67.0. The van der Waals surface area contributed by atoms with Gasteiger partial charge in [-0.1, -0.05) is 25.8 Å². The van der Waals surface area contributed by atoms with E-state index in [0.29, 0.717) is 70.8 Å². The molecule has 44 nitrogen and oxygen atoms in total. The average molecular weight is 1590 g/mol. The molecule has 6 saturated heterocycles. The summed E-state index contributed by atoms with van der Waals surface area (Å²) in [5.74, 6) is -2.25. The van der Waals surface area contributed by atoms with Crippen molar-refractivity contribution in [2.24, 2.45) is 0 Å². The molecule has 0 aliphatic carbocycles. The number of aliphatic hydroxyl groups is 21. The second-order valence-corrected chi connectivity index (χ2v) is 27.3. The molecule has 6 aliphatic rings. The Balaban J connectivity index is 0.896. The Labute approximate surface area is 626 Å². The smallest absolute Gasteiger partial charge is 0.234 e. The lowest BCUT2D eigenvalue weighted by molar-refractivity contribution is -0.366. The minimum atomic E-state index is -1.97. The molecular formula is C65H114N6O38. The summed E-state index contributed by atoms with van der Waals surface area (Å²) in [5, 5.41) is 231. The first-order valence-electron chi connectivity index (χ1n) is 36.4. The highest BCUT2D eigenvalue weighted by atomic mass is 16.8. The van der Waals surface area contributed by atoms with Crippen molar-refractivity contribution in [3.8, 4) is 0 Å². The van der Waals surface area contributed by atoms with Gasteiger partial charge in [-0.3, -0.25) is 28.9 Å². The lowest BCUT2D eigenvalue weighted by Gasteiger charge is -2.46. The molecule has 6 aliphatic heterocycles. The third kappa shape index (κ3) is 28.2. The maximum atomic E-state index is 13.2. The number of amides is 5. The predicted octanol–water partition coefficient (Wildman–Crippen LogP) is -13.4. The van der Waals surface area contributed by atoms with E-state index in [1.807, 2.05) is 0 Å². The monoisotopic (exact) mass is 1590 g/mol. The number of carbonyl (C=O) groups is 5. The summed E-state index contributed by atoms with van der Waals surface area (Å²) in [5.41, 5.74) is 0. The fraction of sp³-hybridized carbons (Fsp3) is 0.892. The second-order valence-electron chi connectivity index (χ2n) is 27.3. The molecule has 0 aromatic rings. The van der Waals surface area contributed by atoms with E-state index in [-0.39, 0.29) is 77.6 Å². The van der Waals surface area contributed by atoms with Gasteiger partial charge in [-0.2, -0.15) is 0 Å². The number of unbranched alkanes of at least 4 members (excludes halogenated alkanes) is 6. The summed E-state index contributed by atoms with van der Waals surface area (Å²) in [4.78, 5) is 66.5. The van der Waals surface area contributed by atoms with Gasteiger partial charge in [0.05, 0.1) is 78.2 Å². The summed E-state index contributed by atoms with van der Waals surface area (Å²) in [6.07, 6.45) is -47.4. The van der Waals surface area contributed by atoms with Crippen LogP contribution in [-0.4, -0.2) is 431 Å². The van der Waals surface area contributed by atoms with Gasteiger partial charge in [0.2, 0.25) is 29.5 Å². The second kappa shape index (κ2) is 47.4. The van der Waals surface area contributed by atoms with Crippen LogP contribution in [-0.2, 0) is 80.8 Å². The normalized spacial score (nSPS) is 37.1. The highest BCUT2D eigenvalue weighted by Crippen LogP contribution is 2.34. The van der Waals surface area contributed by atoms with E-state index in [0.717, 1.165) is 0 Å². The molecule has 30 unspecified atom stereocenters. The Morgan fingerprint density at radius 1 is 0.303 bits per heavy atom. The largest absolute Gasteiger partial charge is 0.513 e. The summed E-state index contributed by atoms with van der Waals surface area (Å²) >= 11 is 0. The average Bonchev–Trinajstić information content (AvgIpc) is 0.789. The van der Waals surface area contributed by atoms with Crippen molar-refractivity contribution in [1.82, 2.24) is 31.5 Å². The Morgan fingerprint density at radius 3 is 0.890 bits per heavy atom. The van der Waals surface area contributed by atoms with Gasteiger partial charge in [0, 0.05) is 52.0 Å². The number of rotatable bonds is 46. The first-order chi connectivity index (χ1) is 51.9. The van der Waals surface area contributed by atoms with Gasteiger partial charge < -0.3 is 191 Å². The number of aliphatic hydroxyl groups excluding tert-OH is 21. The molecule has 30 atom stereocenters. The number of hydrogen-bond donors (Lipinski definition) is 26. The van der Waals surface area contributed by atoms with Crippen LogP contribution in [0.5, 0.6) is 0 Å². The highest BCUT2D eigenvalue weighted by Gasteiger charge is 2.55. The van der Waals surface area contributed by atoms with Crippen LogP contribution < -0.4 is 26.6 Å². The Hall–Kier alpha value is -4.43. The molecule has 0 aromatic heterocycles. The van der Waals surface area contributed by atoms with E-state index >= 15 is 0 Å². The standard InChI is InChI=1S/C65H114N6O38/c1-30(76)11-5-2-8-14-66-39(79)21-71(22-40(80)67-15-9-3-6-12-37(77)69-17-19-98-62-56(96)58(108-64-54(94)50(90)44(84)33(26-74)104-64)46(86)35(106-62)28-100-60-52(92)48(88)42(82)31(24-72)102-60)23-41(81)68-16-10-4-7-13-38(78)70-18-20-99-63-57(97)59(109-65-55(95)51(91)45(85)34(27-75)105-65)47(87)36(107-63)29-101-61-53(93)49(89)43(83)32(25-73)103-61/h31-36,42-65,72-76,82-97H,1-29H2,(H,66,79)(H,67,80)(H,68,81)(H,69,77)(H,70,78). The van der Waals surface area contributed by atoms with Gasteiger partial charge >= 0.3 is 0 Å². The molecule has 0 bridgehead atoms. The van der Waals surface area contributed by atoms with Gasteiger partial charge in [0.25, 0.3) is 0 Å². The van der Waals surface area contributed by atoms with E-state index in [1.165, 1.54) is 4.90 Å². The number of nitrogens with one attached hydrogen (secondary N) is 5. The third-order valence-electron chi connectivity index (χ3n) is 18.9. The topological polar surface area (TPSA) is 684 Å². The number of ether oxygens (including phenoxy) is 12. The Morgan fingerprint density at radius 2 is 0.578 bits per heavy atom. The van der Waals surface area contributed by atoms with Crippen LogP contribution in [0.15, 0.2) is 12.3 Å². The van der Waals surface area contributed by atoms with Crippen molar-refractivity contribution < 1.29 is 188 Å². The number of allylic oxidation sites excluding steroid dienone is 1. The van der Waals surface area contributed by atoms with Crippen LogP contribution in [0, 0.1) is 0 Å². The maximum absolute atomic E-state index is 13.2. The van der Waals surface area contributed by atoms with E-state index < -0.39 is 253 Å². The summed E-state index contributed by atoms with van der Waals surface area (Å²) in [6, 6.07) is 0. The van der Waals surface area contributed by atoms with Gasteiger partial charge in [0.1, 0.15) is 146 Å².